The van der Waals surface area contributed by atoms with Gasteiger partial charge in [0.25, 0.3) is 5.91 Å². The van der Waals surface area contributed by atoms with Crippen LogP contribution >= 0.6 is 11.3 Å². The van der Waals surface area contributed by atoms with E-state index < -0.39 is 27.7 Å². The van der Waals surface area contributed by atoms with Crippen LogP contribution in [0.3, 0.4) is 0 Å². The second-order valence-corrected chi connectivity index (χ2v) is 11.1. The van der Waals surface area contributed by atoms with Crippen molar-refractivity contribution < 1.29 is 18.0 Å². The van der Waals surface area contributed by atoms with E-state index in [2.05, 4.69) is 10.6 Å². The molecule has 6 nitrogen and oxygen atoms in total. The van der Waals surface area contributed by atoms with Crippen LogP contribution in [0.2, 0.25) is 0 Å². The Balaban J connectivity index is 2.16. The van der Waals surface area contributed by atoms with Crippen molar-refractivity contribution in [1.29, 1.82) is 0 Å². The number of sulfone groups is 1. The van der Waals surface area contributed by atoms with Gasteiger partial charge in [-0.2, -0.15) is 0 Å². The van der Waals surface area contributed by atoms with E-state index in [1.807, 2.05) is 39.8 Å². The number of hydrogen-bond donors (Lipinski definition) is 2. The van der Waals surface area contributed by atoms with E-state index in [-0.39, 0.29) is 18.2 Å². The van der Waals surface area contributed by atoms with Crippen molar-refractivity contribution in [2.45, 2.75) is 46.2 Å². The average Bonchev–Trinajstić information content (AvgIpc) is 2.95. The first kappa shape index (κ1) is 23.1. The van der Waals surface area contributed by atoms with E-state index in [0.717, 1.165) is 27.1 Å². The Kier molecular flexibility index (Phi) is 7.60. The zero-order valence-corrected chi connectivity index (χ0v) is 19.0. The van der Waals surface area contributed by atoms with Gasteiger partial charge in [-0.05, 0) is 57.9 Å². The average molecular weight is 437 g/mol. The maximum Gasteiger partial charge on any atom is 0.251 e. The smallest absolute Gasteiger partial charge is 0.251 e. The molecule has 2 atom stereocenters. The molecule has 0 radical (unpaired) electrons. The summed E-state index contributed by atoms with van der Waals surface area (Å²) in [5.41, 5.74) is 2.37. The largest absolute Gasteiger partial charge is 0.348 e. The molecule has 2 rings (SSSR count). The number of thiophene rings is 1. The maximum atomic E-state index is 12.9. The molecule has 0 fully saturated rings. The fourth-order valence-electron chi connectivity index (χ4n) is 3.10. The molecule has 1 aromatic carbocycles. The highest BCUT2D eigenvalue weighted by Gasteiger charge is 2.25. The van der Waals surface area contributed by atoms with Crippen LogP contribution in [0.4, 0.5) is 0 Å². The summed E-state index contributed by atoms with van der Waals surface area (Å²) in [4.78, 5) is 27.8. The Morgan fingerprint density at radius 1 is 1.10 bits per heavy atom. The number of carbonyl (C=O) groups is 2. The standard InChI is InChI=1S/C21H28N2O4S2/c1-13-7-6-8-17(11-13)20(24)23-19(9-10-29(5,26)27)21(25)22-15(3)18-12-14(2)28-16(18)4/h6-8,11-12,15,19H,9-10H2,1-5H3,(H,22,25)(H,23,24)/t15-,19+/m1/s1. The highest BCUT2D eigenvalue weighted by molar-refractivity contribution is 7.90. The molecule has 8 heteroatoms. The van der Waals surface area contributed by atoms with Gasteiger partial charge < -0.3 is 10.6 Å². The predicted octanol–water partition coefficient (Wildman–Crippen LogP) is 3.08. The van der Waals surface area contributed by atoms with Gasteiger partial charge in [-0.1, -0.05) is 17.7 Å². The summed E-state index contributed by atoms with van der Waals surface area (Å²) >= 11 is 1.66. The summed E-state index contributed by atoms with van der Waals surface area (Å²) in [5.74, 6) is -0.993. The van der Waals surface area contributed by atoms with Crippen LogP contribution in [0.1, 0.15) is 50.6 Å². The summed E-state index contributed by atoms with van der Waals surface area (Å²) < 4.78 is 23.2. The number of amides is 2. The summed E-state index contributed by atoms with van der Waals surface area (Å²) in [5, 5.41) is 5.61. The van der Waals surface area contributed by atoms with E-state index in [4.69, 9.17) is 0 Å². The van der Waals surface area contributed by atoms with Crippen molar-refractivity contribution in [3.05, 3.63) is 56.8 Å². The van der Waals surface area contributed by atoms with Gasteiger partial charge in [-0.25, -0.2) is 8.42 Å². The molecular weight excluding hydrogens is 408 g/mol. The number of benzene rings is 1. The molecule has 2 N–H and O–H groups in total. The van der Waals surface area contributed by atoms with Gasteiger partial charge in [0.05, 0.1) is 11.8 Å². The van der Waals surface area contributed by atoms with E-state index in [1.54, 1.807) is 29.5 Å². The van der Waals surface area contributed by atoms with Crippen molar-refractivity contribution in [2.75, 3.05) is 12.0 Å². The zero-order chi connectivity index (χ0) is 21.8. The highest BCUT2D eigenvalue weighted by Crippen LogP contribution is 2.26. The van der Waals surface area contributed by atoms with Crippen molar-refractivity contribution in [1.82, 2.24) is 10.6 Å². The molecule has 0 saturated heterocycles. The Hall–Kier alpha value is -2.19. The number of aryl methyl sites for hydroxylation is 3. The fraction of sp³-hybridized carbons (Fsp3) is 0.429. The monoisotopic (exact) mass is 436 g/mol. The Bertz CT molecular complexity index is 996. The normalized spacial score (nSPS) is 13.6. The second kappa shape index (κ2) is 9.54. The van der Waals surface area contributed by atoms with Gasteiger partial charge in [0.1, 0.15) is 15.9 Å². The van der Waals surface area contributed by atoms with Crippen molar-refractivity contribution in [2.24, 2.45) is 0 Å². The lowest BCUT2D eigenvalue weighted by atomic mass is 10.1. The van der Waals surface area contributed by atoms with E-state index in [9.17, 15) is 18.0 Å². The number of rotatable bonds is 8. The van der Waals surface area contributed by atoms with Crippen molar-refractivity contribution in [3.63, 3.8) is 0 Å². The van der Waals surface area contributed by atoms with Crippen molar-refractivity contribution in [3.8, 4) is 0 Å². The summed E-state index contributed by atoms with van der Waals surface area (Å²) in [6.07, 6.45) is 1.13. The number of carbonyl (C=O) groups excluding carboxylic acids is 2. The van der Waals surface area contributed by atoms with Crippen LogP contribution < -0.4 is 10.6 Å². The molecule has 29 heavy (non-hydrogen) atoms. The molecule has 1 heterocycles. The maximum absolute atomic E-state index is 12.9. The molecule has 2 aromatic rings. The van der Waals surface area contributed by atoms with E-state index in [1.165, 1.54) is 0 Å². The lowest BCUT2D eigenvalue weighted by Gasteiger charge is -2.21. The molecule has 2 amide bonds. The van der Waals surface area contributed by atoms with Gasteiger partial charge in [0.15, 0.2) is 0 Å². The first-order valence-corrected chi connectivity index (χ1v) is 12.3. The molecule has 0 aliphatic heterocycles. The third-order valence-electron chi connectivity index (χ3n) is 4.58. The van der Waals surface area contributed by atoms with Crippen LogP contribution in [-0.4, -0.2) is 38.3 Å². The minimum Gasteiger partial charge on any atom is -0.348 e. The van der Waals surface area contributed by atoms with Gasteiger partial charge in [-0.3, -0.25) is 9.59 Å². The van der Waals surface area contributed by atoms with Gasteiger partial charge in [0, 0.05) is 21.6 Å². The van der Waals surface area contributed by atoms with Crippen LogP contribution in [-0.2, 0) is 14.6 Å². The summed E-state index contributed by atoms with van der Waals surface area (Å²) in [6.45, 7) is 7.75. The topological polar surface area (TPSA) is 92.3 Å². The van der Waals surface area contributed by atoms with Crippen molar-refractivity contribution >= 4 is 33.0 Å². The number of nitrogens with one attached hydrogen (secondary N) is 2. The van der Waals surface area contributed by atoms with Crippen LogP contribution in [0, 0.1) is 20.8 Å². The highest BCUT2D eigenvalue weighted by atomic mass is 32.2. The minimum absolute atomic E-state index is 0.0105. The zero-order valence-electron chi connectivity index (χ0n) is 17.4. The molecule has 0 spiro atoms. The Morgan fingerprint density at radius 2 is 1.79 bits per heavy atom. The minimum atomic E-state index is -3.27. The predicted molar refractivity (Wildman–Crippen MR) is 117 cm³/mol. The molecule has 0 aliphatic rings. The van der Waals surface area contributed by atoms with Gasteiger partial charge in [0.2, 0.25) is 5.91 Å². The van der Waals surface area contributed by atoms with Crippen LogP contribution in [0.25, 0.3) is 0 Å². The molecule has 0 unspecified atom stereocenters. The third-order valence-corrected chi connectivity index (χ3v) is 6.54. The van der Waals surface area contributed by atoms with Crippen LogP contribution in [0.15, 0.2) is 30.3 Å². The molecular formula is C21H28N2O4S2. The number of hydrogen-bond acceptors (Lipinski definition) is 5. The Labute approximate surface area is 176 Å². The third kappa shape index (κ3) is 6.97. The lowest BCUT2D eigenvalue weighted by molar-refractivity contribution is -0.123. The quantitative estimate of drug-likeness (QED) is 0.665. The van der Waals surface area contributed by atoms with E-state index >= 15 is 0 Å². The van der Waals surface area contributed by atoms with Gasteiger partial charge in [-0.15, -0.1) is 11.3 Å². The second-order valence-electron chi connectivity index (χ2n) is 7.41. The summed E-state index contributed by atoms with van der Waals surface area (Å²) in [7, 11) is -3.27. The first-order chi connectivity index (χ1) is 13.5. The van der Waals surface area contributed by atoms with E-state index in [0.29, 0.717) is 5.56 Å². The van der Waals surface area contributed by atoms with Gasteiger partial charge >= 0.3 is 0 Å². The molecule has 0 saturated carbocycles. The molecule has 158 valence electrons. The fourth-order valence-corrected chi connectivity index (χ4v) is 4.79. The molecule has 1 aromatic heterocycles. The lowest BCUT2D eigenvalue weighted by Crippen LogP contribution is -2.48. The van der Waals surface area contributed by atoms with Crippen LogP contribution in [0.5, 0.6) is 0 Å². The first-order valence-electron chi connectivity index (χ1n) is 9.39. The molecule has 0 aliphatic carbocycles. The SMILES string of the molecule is Cc1cccc(C(=O)N[C@@H](CCS(C)(=O)=O)C(=O)N[C@H](C)c2cc(C)sc2C)c1. The Morgan fingerprint density at radius 3 is 2.34 bits per heavy atom. The molecule has 0 bridgehead atoms. The summed E-state index contributed by atoms with van der Waals surface area (Å²) in [6, 6.07) is 7.86.